The zero-order valence-electron chi connectivity index (χ0n) is 40.6. The van der Waals surface area contributed by atoms with Crippen molar-refractivity contribution >= 4 is 77.4 Å². The summed E-state index contributed by atoms with van der Waals surface area (Å²) >= 11 is 0. The largest absolute Gasteiger partial charge is 0.460 e. The number of fused-ring (bicyclic) bond motifs is 9. The van der Waals surface area contributed by atoms with Gasteiger partial charge in [0.25, 0.3) is 0 Å². The lowest BCUT2D eigenvalue weighted by molar-refractivity contribution is 0.556. The van der Waals surface area contributed by atoms with E-state index in [1.807, 2.05) is 0 Å². The molecule has 0 fully saturated rings. The lowest BCUT2D eigenvalue weighted by atomic mass is 9.94. The maximum atomic E-state index is 6.75. The number of hydrogen-bond donors (Lipinski definition) is 0. The Morgan fingerprint density at radius 1 is 0.384 bits per heavy atom. The normalized spacial score (nSPS) is 12.1. The summed E-state index contributed by atoms with van der Waals surface area (Å²) in [5.41, 5.74) is 20.6. The number of rotatable bonds is 9. The highest BCUT2D eigenvalue weighted by Crippen LogP contribution is 2.44. The predicted molar refractivity (Wildman–Crippen MR) is 308 cm³/mol. The number of aromatic nitrogens is 3. The Morgan fingerprint density at radius 2 is 0.863 bits per heavy atom. The Hall–Kier alpha value is -9.38. The number of nitrogens with zero attached hydrogens (tertiary/aromatic N) is 3. The van der Waals surface area contributed by atoms with Gasteiger partial charge in [-0.1, -0.05) is 177 Å². The van der Waals surface area contributed by atoms with Crippen LogP contribution in [0.2, 0.25) is 0 Å². The molecule has 4 heteroatoms. The van der Waals surface area contributed by atoms with Crippen molar-refractivity contribution in [1.29, 1.82) is 0 Å². The van der Waals surface area contributed by atoms with Gasteiger partial charge in [-0.05, 0) is 130 Å². The van der Waals surface area contributed by atoms with E-state index in [1.165, 1.54) is 76.9 Å². The van der Waals surface area contributed by atoms with Crippen molar-refractivity contribution in [1.82, 2.24) is 13.7 Å². The predicted octanol–water partition coefficient (Wildman–Crippen LogP) is 18.8. The van der Waals surface area contributed by atoms with Gasteiger partial charge in [-0.2, -0.15) is 0 Å². The average Bonchev–Trinajstić information content (AvgIpc) is 4.19. The van der Waals surface area contributed by atoms with Crippen LogP contribution in [0.1, 0.15) is 25.2 Å². The fourth-order valence-electron chi connectivity index (χ4n) is 11.6. The number of para-hydroxylation sites is 4. The van der Waals surface area contributed by atoms with Gasteiger partial charge in [0, 0.05) is 61.4 Å². The van der Waals surface area contributed by atoms with Crippen molar-refractivity contribution in [2.24, 2.45) is 0 Å². The summed E-state index contributed by atoms with van der Waals surface area (Å²) in [5, 5.41) is 7.26. The van der Waals surface area contributed by atoms with Crippen molar-refractivity contribution in [2.75, 3.05) is 0 Å². The van der Waals surface area contributed by atoms with E-state index in [0.717, 1.165) is 68.1 Å². The van der Waals surface area contributed by atoms with E-state index in [-0.39, 0.29) is 0 Å². The summed E-state index contributed by atoms with van der Waals surface area (Å²) in [6.45, 7) is 4.45. The maximum absolute atomic E-state index is 6.75. The van der Waals surface area contributed by atoms with E-state index < -0.39 is 0 Å². The Labute approximate surface area is 423 Å². The van der Waals surface area contributed by atoms with Gasteiger partial charge in [-0.15, -0.1) is 0 Å². The third-order valence-corrected chi connectivity index (χ3v) is 14.9. The molecular formula is C69H49N3O. The molecule has 0 radical (unpaired) electrons. The molecule has 4 nitrogen and oxygen atoms in total. The van der Waals surface area contributed by atoms with Crippen molar-refractivity contribution in [2.45, 2.75) is 20.3 Å². The average molecular weight is 936 g/mol. The number of allylic oxidation sites excluding steroid dienone is 1. The Morgan fingerprint density at radius 3 is 1.45 bits per heavy atom. The molecular weight excluding hydrogens is 887 g/mol. The summed E-state index contributed by atoms with van der Waals surface area (Å²) < 4.78 is 14.1. The smallest absolute Gasteiger partial charge is 0.134 e. The first-order chi connectivity index (χ1) is 36.1. The highest BCUT2D eigenvalue weighted by atomic mass is 16.3. The summed E-state index contributed by atoms with van der Waals surface area (Å²) in [4.78, 5) is 0. The molecule has 14 rings (SSSR count). The lowest BCUT2D eigenvalue weighted by Crippen LogP contribution is -2.02. The van der Waals surface area contributed by atoms with Crippen LogP contribution < -0.4 is 0 Å². The highest BCUT2D eigenvalue weighted by Gasteiger charge is 2.24. The van der Waals surface area contributed by atoms with Gasteiger partial charge in [0.05, 0.1) is 22.1 Å². The van der Waals surface area contributed by atoms with Crippen LogP contribution >= 0.6 is 0 Å². The third-order valence-electron chi connectivity index (χ3n) is 14.9. The van der Waals surface area contributed by atoms with Crippen molar-refractivity contribution < 1.29 is 4.42 Å². The van der Waals surface area contributed by atoms with Crippen LogP contribution in [0.4, 0.5) is 0 Å². The van der Waals surface area contributed by atoms with Crippen LogP contribution in [0.25, 0.3) is 133 Å². The van der Waals surface area contributed by atoms with Crippen LogP contribution in [-0.2, 0) is 6.42 Å². The standard InChI is InChI=1S/C69H49N3O/c1-3-66-60(61-43-53(35-38-67(61)73-66)52-26-18-25-51(42-52)50-24-17-23-49(41-50)48-22-16-21-47(40-48)46-19-6-4-7-20-46)39-45(2)70-65-44-55(71-62-32-13-10-29-56(62)57-30-11-14-33-63(57)71)36-37-59(65)68-58-31-12-15-34-64(58)72(69(68)70)54-27-8-5-9-28-54/h4-44H,3H2,1-2H3/b45-39+. The first-order valence-corrected chi connectivity index (χ1v) is 25.3. The fraction of sp³-hybridized carbons (Fsp3) is 0.0435. The molecule has 0 N–H and O–H groups in total. The van der Waals surface area contributed by atoms with Crippen LogP contribution in [0.5, 0.6) is 0 Å². The Kier molecular flexibility index (Phi) is 10.0. The van der Waals surface area contributed by atoms with Gasteiger partial charge in [-0.3, -0.25) is 9.13 Å². The van der Waals surface area contributed by atoms with Gasteiger partial charge in [-0.25, -0.2) is 0 Å². The molecule has 0 aliphatic carbocycles. The molecule has 0 saturated carbocycles. The Bertz CT molecular complexity index is 4430. The topological polar surface area (TPSA) is 27.9 Å². The highest BCUT2D eigenvalue weighted by molar-refractivity contribution is 6.23. The van der Waals surface area contributed by atoms with E-state index in [0.29, 0.717) is 0 Å². The molecule has 0 bridgehead atoms. The summed E-state index contributed by atoms with van der Waals surface area (Å²) in [6, 6.07) is 88.1. The number of hydrogen-bond acceptors (Lipinski definition) is 1. The van der Waals surface area contributed by atoms with E-state index >= 15 is 0 Å². The molecule has 73 heavy (non-hydrogen) atoms. The van der Waals surface area contributed by atoms with Crippen LogP contribution in [-0.4, -0.2) is 13.7 Å². The van der Waals surface area contributed by atoms with E-state index in [2.05, 4.69) is 276 Å². The molecule has 0 amide bonds. The molecule has 0 aliphatic heterocycles. The second-order valence-corrected chi connectivity index (χ2v) is 19.2. The molecule has 0 aliphatic rings. The van der Waals surface area contributed by atoms with Gasteiger partial charge < -0.3 is 8.98 Å². The summed E-state index contributed by atoms with van der Waals surface area (Å²) in [7, 11) is 0. The van der Waals surface area contributed by atoms with Crippen molar-refractivity contribution in [3.05, 3.63) is 254 Å². The maximum Gasteiger partial charge on any atom is 0.134 e. The summed E-state index contributed by atoms with van der Waals surface area (Å²) in [5.74, 6) is 0.968. The Balaban J connectivity index is 0.927. The van der Waals surface area contributed by atoms with Gasteiger partial charge in [0.15, 0.2) is 0 Å². The molecule has 4 heterocycles. The molecule has 346 valence electrons. The van der Waals surface area contributed by atoms with Crippen LogP contribution in [0.15, 0.2) is 247 Å². The van der Waals surface area contributed by atoms with Crippen molar-refractivity contribution in [3.8, 4) is 55.9 Å². The van der Waals surface area contributed by atoms with E-state index in [4.69, 9.17) is 4.42 Å². The van der Waals surface area contributed by atoms with Crippen LogP contribution in [0.3, 0.4) is 0 Å². The minimum atomic E-state index is 0.757. The SMILES string of the molecule is CCc1oc2ccc(-c3cccc(-c4cccc(-c5cccc(-c6ccccc6)c5)c4)c3)cc2c1/C=C(\C)n1c2cc(-n3c4ccccc4c4ccccc43)ccc2c2c3ccccc3n(-c3ccccc3)c21. The van der Waals surface area contributed by atoms with Gasteiger partial charge in [0.1, 0.15) is 17.0 Å². The quantitative estimate of drug-likeness (QED) is 0.142. The second kappa shape index (κ2) is 17.2. The molecule has 0 saturated heterocycles. The number of furan rings is 1. The molecule has 0 atom stereocenters. The minimum absolute atomic E-state index is 0.757. The third kappa shape index (κ3) is 6.98. The zero-order chi connectivity index (χ0) is 48.6. The molecule has 0 spiro atoms. The van der Waals surface area contributed by atoms with E-state index in [1.54, 1.807) is 0 Å². The van der Waals surface area contributed by atoms with Gasteiger partial charge in [0.2, 0.25) is 0 Å². The first-order valence-electron chi connectivity index (χ1n) is 25.3. The van der Waals surface area contributed by atoms with Gasteiger partial charge >= 0.3 is 0 Å². The minimum Gasteiger partial charge on any atom is -0.460 e. The van der Waals surface area contributed by atoms with Crippen molar-refractivity contribution in [3.63, 3.8) is 0 Å². The van der Waals surface area contributed by atoms with Crippen LogP contribution in [0, 0.1) is 0 Å². The molecule has 4 aromatic heterocycles. The monoisotopic (exact) mass is 935 g/mol. The van der Waals surface area contributed by atoms with E-state index in [9.17, 15) is 0 Å². The number of aryl methyl sites for hydroxylation is 1. The molecule has 0 unspecified atom stereocenters. The zero-order valence-corrected chi connectivity index (χ0v) is 40.6. The molecule has 14 aromatic rings. The molecule has 10 aromatic carbocycles. The summed E-state index contributed by atoms with van der Waals surface area (Å²) in [6.07, 6.45) is 3.12. The second-order valence-electron chi connectivity index (χ2n) is 19.2. The number of benzene rings is 10. The first kappa shape index (κ1) is 42.5. The fourth-order valence-corrected chi connectivity index (χ4v) is 11.6. The lowest BCUT2D eigenvalue weighted by Gasteiger charge is -2.15.